The van der Waals surface area contributed by atoms with E-state index in [1.807, 2.05) is 59.1 Å². The molecule has 1 aliphatic carbocycles. The van der Waals surface area contributed by atoms with Crippen molar-refractivity contribution < 1.29 is 4.79 Å². The number of fused-ring (bicyclic) bond motifs is 4. The smallest absolute Gasteiger partial charge is 0.235 e. The van der Waals surface area contributed by atoms with Gasteiger partial charge in [0, 0.05) is 17.6 Å². The molecule has 2 aromatic carbocycles. The topological polar surface area (TPSA) is 47.3 Å². The zero-order chi connectivity index (χ0) is 17.0. The second kappa shape index (κ2) is 5.39. The minimum Gasteiger partial charge on any atom is -0.294 e. The van der Waals surface area contributed by atoms with E-state index < -0.39 is 0 Å². The van der Waals surface area contributed by atoms with Crippen LogP contribution >= 0.6 is 11.6 Å². The molecular formula is C20H14ClN3O. The fourth-order valence-electron chi connectivity index (χ4n) is 3.68. The largest absolute Gasteiger partial charge is 0.294 e. The maximum atomic E-state index is 12.8. The van der Waals surface area contributed by atoms with Crippen molar-refractivity contribution in [2.24, 2.45) is 0 Å². The second-order valence-electron chi connectivity index (χ2n) is 6.42. The van der Waals surface area contributed by atoms with E-state index in [1.54, 1.807) is 0 Å². The molecule has 5 heteroatoms. The summed E-state index contributed by atoms with van der Waals surface area (Å²) >= 11 is 6.33. The third-order valence-electron chi connectivity index (χ3n) is 4.90. The van der Waals surface area contributed by atoms with Gasteiger partial charge in [-0.05, 0) is 36.1 Å². The van der Waals surface area contributed by atoms with E-state index in [-0.39, 0.29) is 11.7 Å². The van der Waals surface area contributed by atoms with Crippen LogP contribution in [0, 0.1) is 0 Å². The van der Waals surface area contributed by atoms with Crippen molar-refractivity contribution in [3.8, 4) is 0 Å². The fraction of sp³-hybridized carbons (Fsp3) is 0.150. The summed E-state index contributed by atoms with van der Waals surface area (Å²) in [6.45, 7) is 0. The molecule has 2 heterocycles. The van der Waals surface area contributed by atoms with Crippen molar-refractivity contribution >= 4 is 34.2 Å². The van der Waals surface area contributed by atoms with Gasteiger partial charge in [-0.15, -0.1) is 0 Å². The number of carbonyl (C=O) groups excluding carboxylic acids is 1. The monoisotopic (exact) mass is 347 g/mol. The van der Waals surface area contributed by atoms with Gasteiger partial charge in [0.05, 0.1) is 22.3 Å². The van der Waals surface area contributed by atoms with E-state index in [1.165, 1.54) is 0 Å². The summed E-state index contributed by atoms with van der Waals surface area (Å²) < 4.78 is 1.90. The van der Waals surface area contributed by atoms with Crippen LogP contribution in [0.25, 0.3) is 16.8 Å². The maximum Gasteiger partial charge on any atom is 0.235 e. The molecule has 0 amide bonds. The molecule has 0 saturated heterocycles. The van der Waals surface area contributed by atoms with Crippen molar-refractivity contribution in [1.82, 2.24) is 14.4 Å². The number of imidazole rings is 1. The SMILES string of the molecule is O=C1C[C@@H](c2ccccc2Cl)Cc2nc3nc4ccccc4n3cc21. The molecule has 0 spiro atoms. The van der Waals surface area contributed by atoms with Crippen LogP contribution in [0.2, 0.25) is 5.02 Å². The third-order valence-corrected chi connectivity index (χ3v) is 5.24. The Labute approximate surface area is 149 Å². The van der Waals surface area contributed by atoms with E-state index >= 15 is 0 Å². The van der Waals surface area contributed by atoms with Crippen molar-refractivity contribution in [3.05, 3.63) is 76.6 Å². The highest BCUT2D eigenvalue weighted by Crippen LogP contribution is 2.35. The van der Waals surface area contributed by atoms with Gasteiger partial charge in [-0.25, -0.2) is 9.97 Å². The number of halogens is 1. The first-order valence-corrected chi connectivity index (χ1v) is 8.63. The molecule has 0 radical (unpaired) electrons. The van der Waals surface area contributed by atoms with Gasteiger partial charge in [0.2, 0.25) is 5.78 Å². The Morgan fingerprint density at radius 2 is 1.80 bits per heavy atom. The molecule has 0 unspecified atom stereocenters. The van der Waals surface area contributed by atoms with Gasteiger partial charge in [-0.3, -0.25) is 9.20 Å². The van der Waals surface area contributed by atoms with E-state index in [0.717, 1.165) is 22.3 Å². The molecule has 0 aliphatic heterocycles. The molecule has 0 bridgehead atoms. The van der Waals surface area contributed by atoms with Crippen LogP contribution < -0.4 is 0 Å². The van der Waals surface area contributed by atoms with Gasteiger partial charge in [0.1, 0.15) is 0 Å². The Kier molecular flexibility index (Phi) is 3.15. The van der Waals surface area contributed by atoms with Crippen LogP contribution in [0.5, 0.6) is 0 Å². The highest BCUT2D eigenvalue weighted by atomic mass is 35.5. The molecule has 1 aliphatic rings. The molecule has 25 heavy (non-hydrogen) atoms. The first kappa shape index (κ1) is 14.6. The molecule has 122 valence electrons. The van der Waals surface area contributed by atoms with E-state index in [2.05, 4.69) is 4.98 Å². The number of nitrogens with zero attached hydrogens (tertiary/aromatic N) is 3. The Balaban J connectivity index is 1.66. The van der Waals surface area contributed by atoms with Gasteiger partial charge in [-0.2, -0.15) is 0 Å². The number of carbonyl (C=O) groups is 1. The first-order valence-electron chi connectivity index (χ1n) is 8.25. The quantitative estimate of drug-likeness (QED) is 0.511. The predicted molar refractivity (Wildman–Crippen MR) is 97.3 cm³/mol. The Morgan fingerprint density at radius 3 is 2.68 bits per heavy atom. The second-order valence-corrected chi connectivity index (χ2v) is 6.83. The number of ketones is 1. The van der Waals surface area contributed by atoms with Crippen LogP contribution in [0.1, 0.15) is 34.0 Å². The van der Waals surface area contributed by atoms with Crippen molar-refractivity contribution in [3.63, 3.8) is 0 Å². The summed E-state index contributed by atoms with van der Waals surface area (Å²) in [4.78, 5) is 22.0. The summed E-state index contributed by atoms with van der Waals surface area (Å²) in [5, 5.41) is 0.705. The molecule has 0 saturated carbocycles. The number of aromatic nitrogens is 3. The Hall–Kier alpha value is -2.72. The van der Waals surface area contributed by atoms with Crippen molar-refractivity contribution in [2.45, 2.75) is 18.8 Å². The number of Topliss-reactive ketones (excluding diaryl/α,β-unsaturated/α-hetero) is 1. The Bertz CT molecular complexity index is 1150. The lowest BCUT2D eigenvalue weighted by molar-refractivity contribution is 0.0962. The highest BCUT2D eigenvalue weighted by molar-refractivity contribution is 6.31. The van der Waals surface area contributed by atoms with Gasteiger partial charge in [0.25, 0.3) is 0 Å². The molecule has 0 N–H and O–H groups in total. The van der Waals surface area contributed by atoms with E-state index in [4.69, 9.17) is 16.6 Å². The molecule has 4 aromatic rings. The van der Waals surface area contributed by atoms with Crippen molar-refractivity contribution in [1.29, 1.82) is 0 Å². The standard InChI is InChI=1S/C20H14ClN3O/c21-15-6-2-1-5-13(15)12-9-17-14(19(25)10-12)11-24-18-8-4-3-7-16(18)22-20(24)23-17/h1-8,11-12H,9-10H2/t12-/m0/s1. The summed E-state index contributed by atoms with van der Waals surface area (Å²) in [5.74, 6) is 0.805. The highest BCUT2D eigenvalue weighted by Gasteiger charge is 2.29. The summed E-state index contributed by atoms with van der Waals surface area (Å²) in [7, 11) is 0. The first-order chi connectivity index (χ1) is 12.2. The van der Waals surface area contributed by atoms with Gasteiger partial charge < -0.3 is 0 Å². The van der Waals surface area contributed by atoms with Crippen LogP contribution in [-0.4, -0.2) is 20.2 Å². The average molecular weight is 348 g/mol. The number of hydrogen-bond acceptors (Lipinski definition) is 3. The van der Waals surface area contributed by atoms with Crippen LogP contribution in [-0.2, 0) is 6.42 Å². The lowest BCUT2D eigenvalue weighted by Crippen LogP contribution is -2.21. The third kappa shape index (κ3) is 2.25. The number of hydrogen-bond donors (Lipinski definition) is 0. The summed E-state index contributed by atoms with van der Waals surface area (Å²) in [6.07, 6.45) is 3.04. The van der Waals surface area contributed by atoms with Crippen LogP contribution in [0.15, 0.2) is 54.7 Å². The molecule has 5 rings (SSSR count). The maximum absolute atomic E-state index is 12.8. The van der Waals surface area contributed by atoms with Gasteiger partial charge in [-0.1, -0.05) is 41.9 Å². The lowest BCUT2D eigenvalue weighted by atomic mass is 9.82. The molecule has 1 atom stereocenters. The van der Waals surface area contributed by atoms with Gasteiger partial charge in [0.15, 0.2) is 5.78 Å². The Morgan fingerprint density at radius 1 is 1.00 bits per heavy atom. The fourth-order valence-corrected chi connectivity index (χ4v) is 3.97. The lowest BCUT2D eigenvalue weighted by Gasteiger charge is -2.24. The molecular weight excluding hydrogens is 334 g/mol. The predicted octanol–water partition coefficient (Wildman–Crippen LogP) is 4.45. The summed E-state index contributed by atoms with van der Waals surface area (Å²) in [5.41, 5.74) is 4.36. The molecule has 4 nitrogen and oxygen atoms in total. The summed E-state index contributed by atoms with van der Waals surface area (Å²) in [6, 6.07) is 15.6. The van der Waals surface area contributed by atoms with Gasteiger partial charge >= 0.3 is 0 Å². The van der Waals surface area contributed by atoms with Crippen LogP contribution in [0.3, 0.4) is 0 Å². The molecule has 2 aromatic heterocycles. The van der Waals surface area contributed by atoms with E-state index in [0.29, 0.717) is 29.2 Å². The number of para-hydroxylation sites is 2. The van der Waals surface area contributed by atoms with Crippen LogP contribution in [0.4, 0.5) is 0 Å². The van der Waals surface area contributed by atoms with Crippen molar-refractivity contribution in [2.75, 3.05) is 0 Å². The molecule has 0 fully saturated rings. The number of rotatable bonds is 1. The minimum absolute atomic E-state index is 0.0630. The average Bonchev–Trinajstić information content (AvgIpc) is 2.98. The minimum atomic E-state index is 0.0630. The van der Waals surface area contributed by atoms with E-state index in [9.17, 15) is 4.79 Å². The number of benzene rings is 2. The zero-order valence-electron chi connectivity index (χ0n) is 13.3. The zero-order valence-corrected chi connectivity index (χ0v) is 14.1. The normalized spacial score (nSPS) is 17.2.